The highest BCUT2D eigenvalue weighted by Crippen LogP contribution is 2.19. The van der Waals surface area contributed by atoms with Gasteiger partial charge in [-0.2, -0.15) is 0 Å². The van der Waals surface area contributed by atoms with E-state index < -0.39 is 0 Å². The number of pyridine rings is 1. The van der Waals surface area contributed by atoms with Gasteiger partial charge in [-0.1, -0.05) is 6.07 Å². The smallest absolute Gasteiger partial charge is 0.224 e. The molecule has 3 rings (SSSR count). The first-order valence-corrected chi connectivity index (χ1v) is 7.05. The van der Waals surface area contributed by atoms with Crippen LogP contribution in [0.1, 0.15) is 16.8 Å². The van der Waals surface area contributed by atoms with Gasteiger partial charge in [0.2, 0.25) is 5.91 Å². The summed E-state index contributed by atoms with van der Waals surface area (Å²) in [6, 6.07) is 8.37. The maximum atomic E-state index is 13.1. The van der Waals surface area contributed by atoms with Crippen molar-refractivity contribution in [1.82, 2.24) is 15.3 Å². The zero-order chi connectivity index (χ0) is 15.5. The van der Waals surface area contributed by atoms with Crippen molar-refractivity contribution in [2.45, 2.75) is 19.9 Å². The molecule has 0 saturated heterocycles. The molecule has 1 amide bonds. The van der Waals surface area contributed by atoms with Crippen molar-refractivity contribution in [2.75, 3.05) is 0 Å². The summed E-state index contributed by atoms with van der Waals surface area (Å²) in [5, 5.41) is 3.73. The van der Waals surface area contributed by atoms with Gasteiger partial charge in [0.1, 0.15) is 5.82 Å². The van der Waals surface area contributed by atoms with Gasteiger partial charge in [-0.05, 0) is 42.3 Å². The lowest BCUT2D eigenvalue weighted by Crippen LogP contribution is -2.24. The fourth-order valence-corrected chi connectivity index (χ4v) is 2.34. The first-order valence-electron chi connectivity index (χ1n) is 7.05. The van der Waals surface area contributed by atoms with Gasteiger partial charge in [0.15, 0.2) is 0 Å². The predicted molar refractivity (Wildman–Crippen MR) is 82.8 cm³/mol. The molecule has 0 aliphatic heterocycles. The second-order valence-corrected chi connectivity index (χ2v) is 5.27. The van der Waals surface area contributed by atoms with E-state index in [2.05, 4.69) is 15.3 Å². The SMILES string of the molecule is Cc1ccc(CNC(=O)Cc2c[nH]c3cc(F)ccc23)cn1. The highest BCUT2D eigenvalue weighted by molar-refractivity contribution is 5.88. The molecule has 0 radical (unpaired) electrons. The molecule has 0 spiro atoms. The number of amides is 1. The number of H-pyrrole nitrogens is 1. The molecular weight excluding hydrogens is 281 g/mol. The lowest BCUT2D eigenvalue weighted by Gasteiger charge is -2.05. The Balaban J connectivity index is 1.64. The minimum absolute atomic E-state index is 0.0780. The Bertz CT molecular complexity index is 808. The van der Waals surface area contributed by atoms with Crippen LogP contribution in [0, 0.1) is 12.7 Å². The minimum atomic E-state index is -0.294. The Morgan fingerprint density at radius 1 is 1.32 bits per heavy atom. The lowest BCUT2D eigenvalue weighted by molar-refractivity contribution is -0.120. The third kappa shape index (κ3) is 3.14. The van der Waals surface area contributed by atoms with Crippen LogP contribution in [0.15, 0.2) is 42.7 Å². The average molecular weight is 297 g/mol. The molecule has 0 bridgehead atoms. The molecule has 0 fully saturated rings. The summed E-state index contributed by atoms with van der Waals surface area (Å²) in [7, 11) is 0. The number of nitrogens with zero attached hydrogens (tertiary/aromatic N) is 1. The topological polar surface area (TPSA) is 57.8 Å². The maximum Gasteiger partial charge on any atom is 0.224 e. The van der Waals surface area contributed by atoms with Crippen molar-refractivity contribution in [3.63, 3.8) is 0 Å². The molecule has 0 unspecified atom stereocenters. The van der Waals surface area contributed by atoms with Gasteiger partial charge in [-0.3, -0.25) is 9.78 Å². The van der Waals surface area contributed by atoms with Crippen molar-refractivity contribution >= 4 is 16.8 Å². The molecule has 3 aromatic rings. The molecular formula is C17H16FN3O. The zero-order valence-corrected chi connectivity index (χ0v) is 12.2. The predicted octanol–water partition coefficient (Wildman–Crippen LogP) is 2.87. The molecule has 22 heavy (non-hydrogen) atoms. The van der Waals surface area contributed by atoms with Crippen LogP contribution in [0.25, 0.3) is 10.9 Å². The summed E-state index contributed by atoms with van der Waals surface area (Å²) in [5.74, 6) is -0.372. The summed E-state index contributed by atoms with van der Waals surface area (Å²) < 4.78 is 13.1. The molecule has 1 aromatic carbocycles. The number of aromatic amines is 1. The maximum absolute atomic E-state index is 13.1. The second kappa shape index (κ2) is 5.97. The van der Waals surface area contributed by atoms with Crippen molar-refractivity contribution in [1.29, 1.82) is 0 Å². The zero-order valence-electron chi connectivity index (χ0n) is 12.2. The van der Waals surface area contributed by atoms with E-state index in [0.29, 0.717) is 12.1 Å². The summed E-state index contributed by atoms with van der Waals surface area (Å²) >= 11 is 0. The van der Waals surface area contributed by atoms with Crippen molar-refractivity contribution < 1.29 is 9.18 Å². The quantitative estimate of drug-likeness (QED) is 0.778. The molecule has 0 saturated carbocycles. The van der Waals surface area contributed by atoms with E-state index in [-0.39, 0.29) is 18.1 Å². The number of aryl methyl sites for hydroxylation is 1. The summed E-state index contributed by atoms with van der Waals surface area (Å²) in [5.41, 5.74) is 3.46. The third-order valence-corrected chi connectivity index (χ3v) is 3.54. The number of aromatic nitrogens is 2. The van der Waals surface area contributed by atoms with Gasteiger partial charge in [-0.25, -0.2) is 4.39 Å². The number of hydrogen-bond acceptors (Lipinski definition) is 2. The Morgan fingerprint density at radius 2 is 2.18 bits per heavy atom. The van der Waals surface area contributed by atoms with Crippen molar-refractivity contribution in [3.8, 4) is 0 Å². The molecule has 2 aromatic heterocycles. The van der Waals surface area contributed by atoms with E-state index in [1.54, 1.807) is 18.5 Å². The van der Waals surface area contributed by atoms with Crippen molar-refractivity contribution in [3.05, 3.63) is 65.4 Å². The van der Waals surface area contributed by atoms with Crippen LogP contribution in [-0.2, 0) is 17.8 Å². The van der Waals surface area contributed by atoms with Gasteiger partial charge in [0.25, 0.3) is 0 Å². The van der Waals surface area contributed by atoms with Crippen LogP contribution >= 0.6 is 0 Å². The summed E-state index contributed by atoms with van der Waals surface area (Å²) in [4.78, 5) is 19.2. The van der Waals surface area contributed by atoms with Crippen LogP contribution in [0.5, 0.6) is 0 Å². The molecule has 0 aliphatic carbocycles. The summed E-state index contributed by atoms with van der Waals surface area (Å²) in [6.07, 6.45) is 3.76. The number of benzene rings is 1. The van der Waals surface area contributed by atoms with Gasteiger partial charge in [0.05, 0.1) is 6.42 Å². The average Bonchev–Trinajstić information content (AvgIpc) is 2.89. The first-order chi connectivity index (χ1) is 10.6. The number of hydrogen-bond donors (Lipinski definition) is 2. The van der Waals surface area contributed by atoms with Gasteiger partial charge in [0, 0.05) is 35.5 Å². The lowest BCUT2D eigenvalue weighted by atomic mass is 10.1. The van der Waals surface area contributed by atoms with E-state index in [1.165, 1.54) is 12.1 Å². The fraction of sp³-hybridized carbons (Fsp3) is 0.176. The standard InChI is InChI=1S/C17H16FN3O/c1-11-2-3-12(8-19-11)9-21-17(22)6-13-10-20-16-7-14(18)4-5-15(13)16/h2-5,7-8,10,20H,6,9H2,1H3,(H,21,22). The van der Waals surface area contributed by atoms with Crippen molar-refractivity contribution in [2.24, 2.45) is 0 Å². The number of fused-ring (bicyclic) bond motifs is 1. The minimum Gasteiger partial charge on any atom is -0.361 e. The fourth-order valence-electron chi connectivity index (χ4n) is 2.34. The van der Waals surface area contributed by atoms with E-state index in [4.69, 9.17) is 0 Å². The molecule has 0 atom stereocenters. The molecule has 4 nitrogen and oxygen atoms in total. The van der Waals surface area contributed by atoms with Gasteiger partial charge < -0.3 is 10.3 Å². The molecule has 0 aliphatic rings. The monoisotopic (exact) mass is 297 g/mol. The third-order valence-electron chi connectivity index (χ3n) is 3.54. The number of carbonyl (C=O) groups is 1. The summed E-state index contributed by atoms with van der Waals surface area (Å²) in [6.45, 7) is 2.37. The largest absolute Gasteiger partial charge is 0.361 e. The normalized spacial score (nSPS) is 10.8. The van der Waals surface area contributed by atoms with E-state index >= 15 is 0 Å². The molecule has 5 heteroatoms. The van der Waals surface area contributed by atoms with Crippen LogP contribution in [0.2, 0.25) is 0 Å². The molecule has 2 heterocycles. The highest BCUT2D eigenvalue weighted by atomic mass is 19.1. The number of nitrogens with one attached hydrogen (secondary N) is 2. The Hall–Kier alpha value is -2.69. The van der Waals surface area contributed by atoms with Crippen LogP contribution in [0.3, 0.4) is 0 Å². The Labute approximate surface area is 127 Å². The number of carbonyl (C=O) groups excluding carboxylic acids is 1. The van der Waals surface area contributed by atoms with E-state index in [9.17, 15) is 9.18 Å². The Morgan fingerprint density at radius 3 is 2.95 bits per heavy atom. The second-order valence-electron chi connectivity index (χ2n) is 5.27. The number of halogens is 1. The van der Waals surface area contributed by atoms with Crippen LogP contribution in [-0.4, -0.2) is 15.9 Å². The van der Waals surface area contributed by atoms with E-state index in [1.807, 2.05) is 19.1 Å². The molecule has 2 N–H and O–H groups in total. The Kier molecular flexibility index (Phi) is 3.87. The van der Waals surface area contributed by atoms with Crippen LogP contribution in [0.4, 0.5) is 4.39 Å². The number of rotatable bonds is 4. The van der Waals surface area contributed by atoms with Crippen LogP contribution < -0.4 is 5.32 Å². The van der Waals surface area contributed by atoms with Gasteiger partial charge >= 0.3 is 0 Å². The highest BCUT2D eigenvalue weighted by Gasteiger charge is 2.09. The molecule has 112 valence electrons. The van der Waals surface area contributed by atoms with E-state index in [0.717, 1.165) is 22.2 Å². The first kappa shape index (κ1) is 14.3. The van der Waals surface area contributed by atoms with Gasteiger partial charge in [-0.15, -0.1) is 0 Å².